The van der Waals surface area contributed by atoms with Gasteiger partial charge in [0.05, 0.1) is 18.7 Å². The van der Waals surface area contributed by atoms with Crippen LogP contribution in [0, 0.1) is 0 Å². The summed E-state index contributed by atoms with van der Waals surface area (Å²) in [4.78, 5) is 23.7. The predicted molar refractivity (Wildman–Crippen MR) is 102 cm³/mol. The molecule has 0 saturated heterocycles. The highest BCUT2D eigenvalue weighted by molar-refractivity contribution is 6.32. The molecule has 26 heavy (non-hydrogen) atoms. The normalized spacial score (nSPS) is 10.2. The maximum atomic E-state index is 12.5. The van der Waals surface area contributed by atoms with Crippen LogP contribution < -0.4 is 20.1 Å². The Morgan fingerprint density at radius 3 is 2.42 bits per heavy atom. The van der Waals surface area contributed by atoms with E-state index < -0.39 is 0 Å². The molecule has 2 rings (SSSR count). The van der Waals surface area contributed by atoms with Crippen LogP contribution in [0.1, 0.15) is 30.6 Å². The number of carbonyl (C=O) groups excluding carboxylic acids is 2. The molecule has 2 aromatic carbocycles. The zero-order chi connectivity index (χ0) is 19.1. The van der Waals surface area contributed by atoms with Crippen molar-refractivity contribution in [2.24, 2.45) is 0 Å². The fourth-order valence-corrected chi connectivity index (χ4v) is 2.54. The summed E-state index contributed by atoms with van der Waals surface area (Å²) in [5.74, 6) is 0.267. The van der Waals surface area contributed by atoms with E-state index in [4.69, 9.17) is 21.1 Å². The van der Waals surface area contributed by atoms with Gasteiger partial charge in [-0.1, -0.05) is 24.6 Å². The van der Waals surface area contributed by atoms with Crippen LogP contribution in [0.15, 0.2) is 36.4 Å². The summed E-state index contributed by atoms with van der Waals surface area (Å²) >= 11 is 6.25. The van der Waals surface area contributed by atoms with Crippen LogP contribution >= 0.6 is 11.6 Å². The first-order valence-corrected chi connectivity index (χ1v) is 8.51. The first kappa shape index (κ1) is 19.6. The average Bonchev–Trinajstić information content (AvgIpc) is 2.59. The van der Waals surface area contributed by atoms with E-state index in [9.17, 15) is 9.59 Å². The van der Waals surface area contributed by atoms with Crippen LogP contribution in [0.25, 0.3) is 0 Å². The number of hydrogen-bond donors (Lipinski definition) is 2. The Morgan fingerprint density at radius 2 is 1.81 bits per heavy atom. The quantitative estimate of drug-likeness (QED) is 0.753. The molecule has 138 valence electrons. The van der Waals surface area contributed by atoms with E-state index in [1.807, 2.05) is 6.92 Å². The van der Waals surface area contributed by atoms with Crippen molar-refractivity contribution in [1.29, 1.82) is 0 Å². The van der Waals surface area contributed by atoms with Crippen molar-refractivity contribution in [3.05, 3.63) is 47.0 Å². The molecular formula is C19H21ClN2O4. The zero-order valence-corrected chi connectivity index (χ0v) is 15.6. The maximum absolute atomic E-state index is 12.5. The van der Waals surface area contributed by atoms with Crippen molar-refractivity contribution in [2.75, 3.05) is 24.4 Å². The summed E-state index contributed by atoms with van der Waals surface area (Å²) in [6.45, 7) is 3.90. The van der Waals surface area contributed by atoms with Gasteiger partial charge in [0, 0.05) is 23.9 Å². The molecule has 0 spiro atoms. The molecule has 2 amide bonds. The van der Waals surface area contributed by atoms with E-state index in [2.05, 4.69) is 10.6 Å². The lowest BCUT2D eigenvalue weighted by Crippen LogP contribution is -2.13. The molecule has 0 unspecified atom stereocenters. The molecular weight excluding hydrogens is 356 g/mol. The number of amides is 2. The molecule has 2 N–H and O–H groups in total. The summed E-state index contributed by atoms with van der Waals surface area (Å²) in [6, 6.07) is 9.95. The van der Waals surface area contributed by atoms with Crippen molar-refractivity contribution >= 4 is 34.8 Å². The lowest BCUT2D eigenvalue weighted by atomic mass is 10.1. The highest BCUT2D eigenvalue weighted by atomic mass is 35.5. The van der Waals surface area contributed by atoms with Crippen LogP contribution in [-0.4, -0.2) is 25.5 Å². The van der Waals surface area contributed by atoms with Gasteiger partial charge in [-0.3, -0.25) is 9.59 Å². The second-order valence-corrected chi connectivity index (χ2v) is 5.96. The second-order valence-electron chi connectivity index (χ2n) is 5.55. The van der Waals surface area contributed by atoms with Gasteiger partial charge < -0.3 is 20.1 Å². The first-order chi connectivity index (χ1) is 12.4. The van der Waals surface area contributed by atoms with Crippen LogP contribution in [0.4, 0.5) is 11.4 Å². The Hall–Kier alpha value is -2.73. The molecule has 6 nitrogen and oxygen atoms in total. The van der Waals surface area contributed by atoms with E-state index in [0.717, 1.165) is 6.42 Å². The highest BCUT2D eigenvalue weighted by Gasteiger charge is 2.16. The Kier molecular flexibility index (Phi) is 6.86. The minimum absolute atomic E-state index is 0.187. The summed E-state index contributed by atoms with van der Waals surface area (Å²) in [5.41, 5.74) is 1.47. The number of rotatable bonds is 7. The first-order valence-electron chi connectivity index (χ1n) is 8.14. The standard InChI is InChI=1S/C19H21ClN2O4/c1-4-8-26-18-16(20)9-13(10-17(18)25-3)19(24)22-15-7-5-6-14(11-15)21-12(2)23/h5-7,9-11H,4,8H2,1-3H3,(H,21,23)(H,22,24). The van der Waals surface area contributed by atoms with Gasteiger partial charge in [0.25, 0.3) is 5.91 Å². The number of hydrogen-bond acceptors (Lipinski definition) is 4. The Morgan fingerprint density at radius 1 is 1.12 bits per heavy atom. The van der Waals surface area contributed by atoms with Gasteiger partial charge in [-0.15, -0.1) is 0 Å². The summed E-state index contributed by atoms with van der Waals surface area (Å²) in [7, 11) is 1.49. The molecule has 0 aromatic heterocycles. The zero-order valence-electron chi connectivity index (χ0n) is 14.9. The van der Waals surface area contributed by atoms with Crippen molar-refractivity contribution in [2.45, 2.75) is 20.3 Å². The number of methoxy groups -OCH3 is 1. The van der Waals surface area contributed by atoms with Crippen LogP contribution in [-0.2, 0) is 4.79 Å². The number of anilines is 2. The smallest absolute Gasteiger partial charge is 0.255 e. The minimum Gasteiger partial charge on any atom is -0.493 e. The SMILES string of the molecule is CCCOc1c(Cl)cc(C(=O)Nc2cccc(NC(C)=O)c2)cc1OC. The molecule has 2 aromatic rings. The summed E-state index contributed by atoms with van der Waals surface area (Å²) < 4.78 is 10.9. The Balaban J connectivity index is 2.21. The van der Waals surface area contributed by atoms with Crippen LogP contribution in [0.2, 0.25) is 5.02 Å². The largest absolute Gasteiger partial charge is 0.493 e. The second kappa shape index (κ2) is 9.10. The topological polar surface area (TPSA) is 76.7 Å². The third kappa shape index (κ3) is 5.13. The molecule has 0 aliphatic carbocycles. The Labute approximate surface area is 157 Å². The van der Waals surface area contributed by atoms with E-state index in [-0.39, 0.29) is 11.8 Å². The Bertz CT molecular complexity index is 808. The van der Waals surface area contributed by atoms with E-state index in [1.165, 1.54) is 20.1 Å². The highest BCUT2D eigenvalue weighted by Crippen LogP contribution is 2.36. The van der Waals surface area contributed by atoms with Crippen molar-refractivity contribution in [3.63, 3.8) is 0 Å². The van der Waals surface area contributed by atoms with Crippen molar-refractivity contribution in [1.82, 2.24) is 0 Å². The lowest BCUT2D eigenvalue weighted by Gasteiger charge is -2.14. The van der Waals surface area contributed by atoms with Gasteiger partial charge in [0.1, 0.15) is 0 Å². The molecule has 0 heterocycles. The molecule has 0 aliphatic heterocycles. The van der Waals surface area contributed by atoms with Gasteiger partial charge in [-0.2, -0.15) is 0 Å². The van der Waals surface area contributed by atoms with Gasteiger partial charge in [-0.25, -0.2) is 0 Å². The average molecular weight is 377 g/mol. The molecule has 0 bridgehead atoms. The van der Waals surface area contributed by atoms with Crippen molar-refractivity contribution < 1.29 is 19.1 Å². The molecule has 0 aliphatic rings. The van der Waals surface area contributed by atoms with Crippen LogP contribution in [0.5, 0.6) is 11.5 Å². The number of halogens is 1. The summed E-state index contributed by atoms with van der Waals surface area (Å²) in [5, 5.41) is 5.73. The molecule has 0 fully saturated rings. The van der Waals surface area contributed by atoms with Gasteiger partial charge >= 0.3 is 0 Å². The van der Waals surface area contributed by atoms with E-state index in [1.54, 1.807) is 30.3 Å². The number of benzene rings is 2. The van der Waals surface area contributed by atoms with E-state index in [0.29, 0.717) is 40.1 Å². The monoisotopic (exact) mass is 376 g/mol. The molecule has 0 radical (unpaired) electrons. The fraction of sp³-hybridized carbons (Fsp3) is 0.263. The van der Waals surface area contributed by atoms with Gasteiger partial charge in [-0.05, 0) is 36.8 Å². The lowest BCUT2D eigenvalue weighted by molar-refractivity contribution is -0.114. The fourth-order valence-electron chi connectivity index (χ4n) is 2.28. The van der Waals surface area contributed by atoms with Crippen LogP contribution in [0.3, 0.4) is 0 Å². The molecule has 7 heteroatoms. The third-order valence-electron chi connectivity index (χ3n) is 3.38. The third-order valence-corrected chi connectivity index (χ3v) is 3.66. The van der Waals surface area contributed by atoms with Gasteiger partial charge in [0.2, 0.25) is 5.91 Å². The maximum Gasteiger partial charge on any atom is 0.255 e. The molecule has 0 atom stereocenters. The van der Waals surface area contributed by atoms with Gasteiger partial charge in [0.15, 0.2) is 11.5 Å². The number of ether oxygens (including phenoxy) is 2. The number of carbonyl (C=O) groups is 2. The summed E-state index contributed by atoms with van der Waals surface area (Å²) in [6.07, 6.45) is 0.826. The molecule has 0 saturated carbocycles. The predicted octanol–water partition coefficient (Wildman–Crippen LogP) is 4.35. The number of nitrogens with one attached hydrogen (secondary N) is 2. The minimum atomic E-state index is -0.354. The van der Waals surface area contributed by atoms with E-state index >= 15 is 0 Å². The van der Waals surface area contributed by atoms with Crippen molar-refractivity contribution in [3.8, 4) is 11.5 Å².